The molecule has 1 N–H and O–H groups in total. The molecule has 0 unspecified atom stereocenters. The minimum atomic E-state index is 0.371. The molecule has 118 valence electrons. The third kappa shape index (κ3) is 1.93. The van der Waals surface area contributed by atoms with Gasteiger partial charge in [0.15, 0.2) is 5.75 Å². The number of anilines is 1. The Balaban J connectivity index is 1.69. The minimum Gasteiger partial charge on any atom is -0.489 e. The summed E-state index contributed by atoms with van der Waals surface area (Å²) in [4.78, 5) is 15.8. The second-order valence-electron chi connectivity index (χ2n) is 5.33. The molecular formula is C16H12N6O2. The molecule has 0 saturated heterocycles. The summed E-state index contributed by atoms with van der Waals surface area (Å²) in [5.74, 6) is 1.06. The third-order valence-corrected chi connectivity index (χ3v) is 3.88. The van der Waals surface area contributed by atoms with Crippen LogP contribution in [0.2, 0.25) is 0 Å². The summed E-state index contributed by atoms with van der Waals surface area (Å²) in [6.45, 7) is 1.34. The van der Waals surface area contributed by atoms with Crippen LogP contribution in [-0.4, -0.2) is 38.3 Å². The maximum atomic E-state index is 5.90. The van der Waals surface area contributed by atoms with Gasteiger partial charge >= 0.3 is 0 Å². The van der Waals surface area contributed by atoms with Crippen LogP contribution in [0.15, 0.2) is 42.7 Å². The molecule has 0 saturated carbocycles. The van der Waals surface area contributed by atoms with E-state index in [1.54, 1.807) is 0 Å². The summed E-state index contributed by atoms with van der Waals surface area (Å²) in [5.41, 5.74) is 3.15. The van der Waals surface area contributed by atoms with Gasteiger partial charge in [-0.2, -0.15) is 4.98 Å². The fraction of sp³-hybridized carbons (Fsp3) is 0.125. The van der Waals surface area contributed by atoms with Gasteiger partial charge in [0.05, 0.1) is 11.2 Å². The maximum Gasteiger partial charge on any atom is 0.263 e. The van der Waals surface area contributed by atoms with E-state index < -0.39 is 0 Å². The first-order valence-electron chi connectivity index (χ1n) is 7.53. The van der Waals surface area contributed by atoms with E-state index in [4.69, 9.17) is 9.57 Å². The van der Waals surface area contributed by atoms with Gasteiger partial charge in [0.1, 0.15) is 29.4 Å². The second-order valence-corrected chi connectivity index (χ2v) is 5.33. The monoisotopic (exact) mass is 320 g/mol. The Bertz CT molecular complexity index is 1060. The predicted molar refractivity (Wildman–Crippen MR) is 87.1 cm³/mol. The van der Waals surface area contributed by atoms with Crippen LogP contribution in [0, 0.1) is 0 Å². The standard InChI is InChI=1S/C16H12N6O2/c1-2-4-13-10(3-1)20-21-22(13)24-16-14-11(18-9-19-16)5-6-12-15(14)23-8-7-17-12/h1-6,9,17H,7-8H2. The lowest BCUT2D eigenvalue weighted by Gasteiger charge is -2.21. The van der Waals surface area contributed by atoms with Crippen molar-refractivity contribution in [3.05, 3.63) is 42.7 Å². The molecule has 0 amide bonds. The number of hydrogen-bond acceptors (Lipinski definition) is 7. The SMILES string of the molecule is c1ccc2c(c1)nnn2Oc1ncnc2ccc3c(c12)OCCN3. The molecule has 8 heteroatoms. The van der Waals surface area contributed by atoms with Crippen LogP contribution >= 0.6 is 0 Å². The van der Waals surface area contributed by atoms with Gasteiger partial charge in [0.25, 0.3) is 5.88 Å². The van der Waals surface area contributed by atoms with Crippen molar-refractivity contribution < 1.29 is 9.57 Å². The number of para-hydroxylation sites is 1. The van der Waals surface area contributed by atoms with E-state index in [0.29, 0.717) is 23.6 Å². The summed E-state index contributed by atoms with van der Waals surface area (Å²) in [5, 5.41) is 12.1. The molecule has 0 fully saturated rings. The van der Waals surface area contributed by atoms with Crippen LogP contribution in [0.25, 0.3) is 21.9 Å². The van der Waals surface area contributed by atoms with Gasteiger partial charge in [0.2, 0.25) is 0 Å². The first kappa shape index (κ1) is 13.1. The first-order chi connectivity index (χ1) is 11.9. The Morgan fingerprint density at radius 1 is 1.08 bits per heavy atom. The van der Waals surface area contributed by atoms with Crippen LogP contribution in [-0.2, 0) is 0 Å². The summed E-state index contributed by atoms with van der Waals surface area (Å²) in [6.07, 6.45) is 1.46. The Morgan fingerprint density at radius 2 is 2.04 bits per heavy atom. The number of hydrogen-bond donors (Lipinski definition) is 1. The van der Waals surface area contributed by atoms with Gasteiger partial charge in [-0.1, -0.05) is 17.0 Å². The Morgan fingerprint density at radius 3 is 3.04 bits per heavy atom. The molecule has 1 aliphatic heterocycles. The molecule has 0 atom stereocenters. The van der Waals surface area contributed by atoms with Crippen molar-refractivity contribution in [3.8, 4) is 11.6 Å². The van der Waals surface area contributed by atoms with E-state index in [9.17, 15) is 0 Å². The highest BCUT2D eigenvalue weighted by atomic mass is 16.7. The average molecular weight is 320 g/mol. The average Bonchev–Trinajstić information content (AvgIpc) is 3.05. The van der Waals surface area contributed by atoms with E-state index in [1.165, 1.54) is 11.2 Å². The second kappa shape index (κ2) is 5.05. The van der Waals surface area contributed by atoms with Gasteiger partial charge in [-0.25, -0.2) is 4.98 Å². The Hall–Kier alpha value is -3.42. The maximum absolute atomic E-state index is 5.90. The van der Waals surface area contributed by atoms with E-state index in [2.05, 4.69) is 25.6 Å². The number of nitrogens with zero attached hydrogens (tertiary/aromatic N) is 5. The Labute approximate surface area is 136 Å². The minimum absolute atomic E-state index is 0.371. The van der Waals surface area contributed by atoms with Crippen LogP contribution in [0.4, 0.5) is 5.69 Å². The van der Waals surface area contributed by atoms with Crippen molar-refractivity contribution in [1.29, 1.82) is 0 Å². The summed E-state index contributed by atoms with van der Waals surface area (Å²) >= 11 is 0. The van der Waals surface area contributed by atoms with Crippen LogP contribution in [0.1, 0.15) is 0 Å². The van der Waals surface area contributed by atoms with Crippen molar-refractivity contribution in [1.82, 2.24) is 25.1 Å². The number of fused-ring (bicyclic) bond motifs is 4. The fourth-order valence-electron chi connectivity index (χ4n) is 2.79. The van der Waals surface area contributed by atoms with Crippen LogP contribution < -0.4 is 14.9 Å². The lowest BCUT2D eigenvalue weighted by molar-refractivity contribution is 0.178. The molecule has 4 aromatic rings. The predicted octanol–water partition coefficient (Wildman–Crippen LogP) is 2.02. The lowest BCUT2D eigenvalue weighted by atomic mass is 10.1. The highest BCUT2D eigenvalue weighted by Gasteiger charge is 2.19. The third-order valence-electron chi connectivity index (χ3n) is 3.88. The van der Waals surface area contributed by atoms with Crippen molar-refractivity contribution in [2.24, 2.45) is 0 Å². The first-order valence-corrected chi connectivity index (χ1v) is 7.53. The highest BCUT2D eigenvalue weighted by molar-refractivity contribution is 5.95. The van der Waals surface area contributed by atoms with Gasteiger partial charge in [0, 0.05) is 6.54 Å². The van der Waals surface area contributed by atoms with Crippen LogP contribution in [0.5, 0.6) is 11.6 Å². The smallest absolute Gasteiger partial charge is 0.263 e. The van der Waals surface area contributed by atoms with Crippen LogP contribution in [0.3, 0.4) is 0 Å². The number of rotatable bonds is 2. The molecule has 0 radical (unpaired) electrons. The molecular weight excluding hydrogens is 308 g/mol. The zero-order valence-electron chi connectivity index (χ0n) is 12.5. The van der Waals surface area contributed by atoms with E-state index >= 15 is 0 Å². The van der Waals surface area contributed by atoms with Crippen molar-refractivity contribution in [2.45, 2.75) is 0 Å². The highest BCUT2D eigenvalue weighted by Crippen LogP contribution is 2.39. The summed E-state index contributed by atoms with van der Waals surface area (Å²) in [7, 11) is 0. The van der Waals surface area contributed by atoms with E-state index in [1.807, 2.05) is 36.4 Å². The molecule has 2 aromatic carbocycles. The molecule has 24 heavy (non-hydrogen) atoms. The number of nitrogens with one attached hydrogen (secondary N) is 1. The van der Waals surface area contributed by atoms with Gasteiger partial charge in [-0.15, -0.1) is 5.10 Å². The largest absolute Gasteiger partial charge is 0.489 e. The summed E-state index contributed by atoms with van der Waals surface area (Å²) < 4.78 is 5.82. The van der Waals surface area contributed by atoms with Crippen molar-refractivity contribution >= 4 is 27.6 Å². The molecule has 0 aliphatic carbocycles. The van der Waals surface area contributed by atoms with E-state index in [-0.39, 0.29) is 0 Å². The number of ether oxygens (including phenoxy) is 1. The quantitative estimate of drug-likeness (QED) is 0.604. The molecule has 2 aromatic heterocycles. The lowest BCUT2D eigenvalue weighted by Crippen LogP contribution is -2.18. The molecule has 5 rings (SSSR count). The van der Waals surface area contributed by atoms with Gasteiger partial charge < -0.3 is 14.9 Å². The van der Waals surface area contributed by atoms with Crippen molar-refractivity contribution in [3.63, 3.8) is 0 Å². The Kier molecular flexibility index (Phi) is 2.75. The fourth-order valence-corrected chi connectivity index (χ4v) is 2.79. The van der Waals surface area contributed by atoms with E-state index in [0.717, 1.165) is 28.8 Å². The van der Waals surface area contributed by atoms with Crippen molar-refractivity contribution in [2.75, 3.05) is 18.5 Å². The number of benzene rings is 2. The zero-order chi connectivity index (χ0) is 15.9. The topological polar surface area (TPSA) is 87.0 Å². The zero-order valence-corrected chi connectivity index (χ0v) is 12.5. The molecule has 0 bridgehead atoms. The molecule has 1 aliphatic rings. The van der Waals surface area contributed by atoms with Gasteiger partial charge in [-0.05, 0) is 29.5 Å². The molecule has 0 spiro atoms. The number of aromatic nitrogens is 5. The van der Waals surface area contributed by atoms with Gasteiger partial charge in [-0.3, -0.25) is 0 Å². The summed E-state index contributed by atoms with van der Waals surface area (Å²) in [6, 6.07) is 11.4. The normalized spacial score (nSPS) is 13.3. The molecule has 3 heterocycles. The molecule has 8 nitrogen and oxygen atoms in total.